The Balaban J connectivity index is 1.71. The van der Waals surface area contributed by atoms with Gasteiger partial charge in [-0.15, -0.1) is 0 Å². The van der Waals surface area contributed by atoms with Crippen LogP contribution in [0.1, 0.15) is 0 Å². The molecule has 0 aliphatic rings. The highest BCUT2D eigenvalue weighted by Crippen LogP contribution is 2.38. The highest BCUT2D eigenvalue weighted by atomic mass is 16.5. The van der Waals surface area contributed by atoms with Gasteiger partial charge in [0.1, 0.15) is 11.4 Å². The van der Waals surface area contributed by atoms with Crippen molar-refractivity contribution in [3.8, 4) is 17.1 Å². The number of anilines is 5. The molecular formula is C27H33N9O2. The average molecular weight is 516 g/mol. The predicted octanol–water partition coefficient (Wildman–Crippen LogP) is 3.71. The number of fused-ring (bicyclic) bond motifs is 1. The lowest BCUT2D eigenvalue weighted by Gasteiger charge is -2.26. The Labute approximate surface area is 222 Å². The number of amides is 1. The number of hydrogen-bond acceptors (Lipinski definition) is 9. The summed E-state index contributed by atoms with van der Waals surface area (Å²) < 4.78 is 7.66. The Hall–Kier alpha value is -4.64. The van der Waals surface area contributed by atoms with Gasteiger partial charge in [0.05, 0.1) is 35.4 Å². The predicted molar refractivity (Wildman–Crippen MR) is 153 cm³/mol. The second-order valence-electron chi connectivity index (χ2n) is 8.87. The van der Waals surface area contributed by atoms with Crippen molar-refractivity contribution < 1.29 is 9.53 Å². The topological polar surface area (TPSA) is 112 Å². The van der Waals surface area contributed by atoms with Crippen LogP contribution in [0.2, 0.25) is 0 Å². The molecule has 3 N–H and O–H groups in total. The molecule has 11 heteroatoms. The summed E-state index contributed by atoms with van der Waals surface area (Å²) in [6.07, 6.45) is 4.86. The summed E-state index contributed by atoms with van der Waals surface area (Å²) in [6, 6.07) is 11.4. The summed E-state index contributed by atoms with van der Waals surface area (Å²) >= 11 is 0. The van der Waals surface area contributed by atoms with E-state index in [-0.39, 0.29) is 5.91 Å². The molecule has 4 rings (SSSR count). The maximum Gasteiger partial charge on any atom is 0.247 e. The van der Waals surface area contributed by atoms with Gasteiger partial charge in [-0.1, -0.05) is 12.6 Å². The molecule has 3 aromatic heterocycles. The molecule has 1 aromatic carbocycles. The molecule has 1 amide bonds. The molecule has 0 fully saturated rings. The maximum absolute atomic E-state index is 12.2. The molecule has 0 atom stereocenters. The third-order valence-corrected chi connectivity index (χ3v) is 5.97. The van der Waals surface area contributed by atoms with E-state index in [1.807, 2.05) is 75.2 Å². The van der Waals surface area contributed by atoms with Gasteiger partial charge in [0.25, 0.3) is 0 Å². The molecule has 0 radical (unpaired) electrons. The molecule has 0 spiro atoms. The lowest BCUT2D eigenvalue weighted by atomic mass is 10.2. The van der Waals surface area contributed by atoms with Crippen molar-refractivity contribution in [3.05, 3.63) is 61.4 Å². The number of nitrogens with one attached hydrogen (secondary N) is 3. The lowest BCUT2D eigenvalue weighted by Crippen LogP contribution is -2.29. The van der Waals surface area contributed by atoms with E-state index < -0.39 is 0 Å². The number of carbonyl (C=O) groups is 1. The summed E-state index contributed by atoms with van der Waals surface area (Å²) in [5, 5.41) is 9.27. The largest absolute Gasteiger partial charge is 0.494 e. The van der Waals surface area contributed by atoms with E-state index >= 15 is 0 Å². The van der Waals surface area contributed by atoms with E-state index in [2.05, 4.69) is 37.3 Å². The Morgan fingerprint density at radius 1 is 1.13 bits per heavy atom. The Kier molecular flexibility index (Phi) is 8.07. The molecule has 3 heterocycles. The second kappa shape index (κ2) is 11.6. The second-order valence-corrected chi connectivity index (χ2v) is 8.87. The van der Waals surface area contributed by atoms with Crippen LogP contribution in [0.4, 0.5) is 29.0 Å². The zero-order chi connectivity index (χ0) is 27.2. The van der Waals surface area contributed by atoms with Crippen molar-refractivity contribution >= 4 is 40.4 Å². The first-order chi connectivity index (χ1) is 18.3. The molecule has 4 aromatic rings. The monoisotopic (exact) mass is 515 g/mol. The third-order valence-electron chi connectivity index (χ3n) is 5.97. The molecule has 38 heavy (non-hydrogen) atoms. The summed E-state index contributed by atoms with van der Waals surface area (Å²) in [4.78, 5) is 30.2. The van der Waals surface area contributed by atoms with Crippen LogP contribution in [0, 0.1) is 0 Å². The smallest absolute Gasteiger partial charge is 0.247 e. The summed E-state index contributed by atoms with van der Waals surface area (Å²) in [5.74, 6) is 1.33. The number of methoxy groups -OCH3 is 1. The molecule has 0 unspecified atom stereocenters. The van der Waals surface area contributed by atoms with Crippen molar-refractivity contribution in [2.24, 2.45) is 0 Å². The lowest BCUT2D eigenvalue weighted by molar-refractivity contribution is -0.111. The minimum absolute atomic E-state index is 0.311. The van der Waals surface area contributed by atoms with Gasteiger partial charge in [0, 0.05) is 45.6 Å². The van der Waals surface area contributed by atoms with Gasteiger partial charge in [0.15, 0.2) is 0 Å². The van der Waals surface area contributed by atoms with Crippen LogP contribution in [-0.2, 0) is 4.79 Å². The third kappa shape index (κ3) is 5.68. The molecule has 11 nitrogen and oxygen atoms in total. The number of likely N-dealkylation sites (N-methyl/N-ethyl adjacent to an activating group) is 2. The highest BCUT2D eigenvalue weighted by molar-refractivity contribution is 6.02. The molecule has 198 valence electrons. The standard InChI is InChI=1S/C27H33N9O2/c1-7-24(37)30-19-16-20(23(38-6)17-22(19)35(5)15-14-34(3)4)32-26-29-12-11-18(31-26)25-21-10-8-9-13-36(21)27(28-2)33-25/h7-13,16-17H,1,14-15H2,2-6H3,(H,28,33)(H,30,37)(H,29,31,32). The first-order valence-electron chi connectivity index (χ1n) is 12.1. The minimum Gasteiger partial charge on any atom is -0.494 e. The van der Waals surface area contributed by atoms with Crippen molar-refractivity contribution in [1.82, 2.24) is 24.3 Å². The highest BCUT2D eigenvalue weighted by Gasteiger charge is 2.18. The molecular weight excluding hydrogens is 482 g/mol. The first-order valence-corrected chi connectivity index (χ1v) is 12.1. The van der Waals surface area contributed by atoms with Crippen LogP contribution >= 0.6 is 0 Å². The van der Waals surface area contributed by atoms with Gasteiger partial charge >= 0.3 is 0 Å². The normalized spacial score (nSPS) is 10.9. The number of benzene rings is 1. The summed E-state index contributed by atoms with van der Waals surface area (Å²) in [6.45, 7) is 5.17. The van der Waals surface area contributed by atoms with E-state index in [1.165, 1.54) is 6.08 Å². The van der Waals surface area contributed by atoms with E-state index in [4.69, 9.17) is 14.7 Å². The van der Waals surface area contributed by atoms with Gasteiger partial charge < -0.3 is 30.5 Å². The maximum atomic E-state index is 12.2. The first kappa shape index (κ1) is 26.4. The molecule has 0 aliphatic carbocycles. The van der Waals surface area contributed by atoms with Crippen LogP contribution in [0.15, 0.2) is 61.4 Å². The fourth-order valence-electron chi connectivity index (χ4n) is 3.98. The number of imidazole rings is 1. The van der Waals surface area contributed by atoms with Crippen LogP contribution < -0.4 is 25.6 Å². The Bertz CT molecular complexity index is 1450. The van der Waals surface area contributed by atoms with Crippen molar-refractivity contribution in [2.75, 3.05) is 69.2 Å². The number of pyridine rings is 1. The van der Waals surface area contributed by atoms with E-state index in [1.54, 1.807) is 13.3 Å². The number of ether oxygens (including phenoxy) is 1. The van der Waals surface area contributed by atoms with Gasteiger partial charge in [0.2, 0.25) is 17.8 Å². The van der Waals surface area contributed by atoms with Crippen LogP contribution in [0.3, 0.4) is 0 Å². The average Bonchev–Trinajstić information content (AvgIpc) is 3.31. The number of rotatable bonds is 11. The van der Waals surface area contributed by atoms with Crippen molar-refractivity contribution in [3.63, 3.8) is 0 Å². The number of carbonyl (C=O) groups excluding carboxylic acids is 1. The molecule has 0 saturated carbocycles. The number of nitrogens with zero attached hydrogens (tertiary/aromatic N) is 6. The molecule has 0 aliphatic heterocycles. The molecule has 0 saturated heterocycles. The van der Waals surface area contributed by atoms with Gasteiger partial charge in [-0.05, 0) is 44.4 Å². The fraction of sp³-hybridized carbons (Fsp3) is 0.259. The van der Waals surface area contributed by atoms with Gasteiger partial charge in [-0.2, -0.15) is 0 Å². The number of aromatic nitrogens is 4. The number of hydrogen-bond donors (Lipinski definition) is 3. The quantitative estimate of drug-likeness (QED) is 0.257. The Morgan fingerprint density at radius 2 is 1.95 bits per heavy atom. The van der Waals surface area contributed by atoms with Gasteiger partial charge in [-0.3, -0.25) is 9.20 Å². The SMILES string of the molecule is C=CC(=O)Nc1cc(Nc2nccc(-c3nc(NC)n4ccccc34)n2)c(OC)cc1N(C)CCN(C)C. The zero-order valence-electron chi connectivity index (χ0n) is 22.3. The molecule has 0 bridgehead atoms. The van der Waals surface area contributed by atoms with E-state index in [0.717, 1.165) is 30.0 Å². The summed E-state index contributed by atoms with van der Waals surface area (Å²) in [7, 11) is 9.43. The van der Waals surface area contributed by atoms with Crippen LogP contribution in [0.5, 0.6) is 5.75 Å². The van der Waals surface area contributed by atoms with Crippen LogP contribution in [0.25, 0.3) is 16.9 Å². The fourth-order valence-corrected chi connectivity index (χ4v) is 3.98. The summed E-state index contributed by atoms with van der Waals surface area (Å²) in [5.41, 5.74) is 4.31. The van der Waals surface area contributed by atoms with Crippen LogP contribution in [-0.4, -0.2) is 78.5 Å². The Morgan fingerprint density at radius 3 is 2.66 bits per heavy atom. The zero-order valence-corrected chi connectivity index (χ0v) is 22.3. The van der Waals surface area contributed by atoms with Gasteiger partial charge in [-0.25, -0.2) is 15.0 Å². The van der Waals surface area contributed by atoms with Crippen molar-refractivity contribution in [1.29, 1.82) is 0 Å². The van der Waals surface area contributed by atoms with E-state index in [0.29, 0.717) is 34.7 Å². The minimum atomic E-state index is -0.311. The van der Waals surface area contributed by atoms with Crippen molar-refractivity contribution in [2.45, 2.75) is 0 Å². The van der Waals surface area contributed by atoms with E-state index in [9.17, 15) is 4.79 Å².